The minimum atomic E-state index is -0.139. The molecule has 1 aliphatic rings. The van der Waals surface area contributed by atoms with Crippen LogP contribution in [0, 0.1) is 13.8 Å². The zero-order chi connectivity index (χ0) is 17.3. The average molecular weight is 329 g/mol. The summed E-state index contributed by atoms with van der Waals surface area (Å²) in [5, 5.41) is 0. The molecule has 1 aromatic heterocycles. The molecule has 1 aromatic carbocycles. The predicted molar refractivity (Wildman–Crippen MR) is 90.1 cm³/mol. The van der Waals surface area contributed by atoms with Gasteiger partial charge in [-0.05, 0) is 27.1 Å². The van der Waals surface area contributed by atoms with Crippen LogP contribution in [0.3, 0.4) is 0 Å². The van der Waals surface area contributed by atoms with Gasteiger partial charge in [-0.25, -0.2) is 4.98 Å². The molecule has 24 heavy (non-hydrogen) atoms. The fourth-order valence-electron chi connectivity index (χ4n) is 3.03. The lowest BCUT2D eigenvalue weighted by molar-refractivity contribution is 0.0550. The molecule has 128 valence electrons. The Hall–Kier alpha value is -2.34. The van der Waals surface area contributed by atoms with Gasteiger partial charge in [0.15, 0.2) is 5.89 Å². The van der Waals surface area contributed by atoms with Gasteiger partial charge in [-0.3, -0.25) is 4.79 Å². The molecule has 0 saturated heterocycles. The second kappa shape index (κ2) is 6.65. The normalized spacial score (nSPS) is 17.4. The van der Waals surface area contributed by atoms with Crippen molar-refractivity contribution in [1.29, 1.82) is 0 Å². The van der Waals surface area contributed by atoms with E-state index in [-0.39, 0.29) is 11.9 Å². The summed E-state index contributed by atoms with van der Waals surface area (Å²) in [4.78, 5) is 21.2. The number of benzene rings is 1. The van der Waals surface area contributed by atoms with Crippen LogP contribution in [0.5, 0.6) is 5.75 Å². The Morgan fingerprint density at radius 3 is 2.75 bits per heavy atom. The molecular weight excluding hydrogens is 306 g/mol. The summed E-state index contributed by atoms with van der Waals surface area (Å²) in [6.45, 7) is 5.21. The molecule has 1 unspecified atom stereocenters. The van der Waals surface area contributed by atoms with Crippen molar-refractivity contribution in [1.82, 2.24) is 14.8 Å². The summed E-state index contributed by atoms with van der Waals surface area (Å²) in [5.74, 6) is 1.52. The fourth-order valence-corrected chi connectivity index (χ4v) is 3.03. The molecule has 1 amide bonds. The van der Waals surface area contributed by atoms with Crippen molar-refractivity contribution in [3.63, 3.8) is 0 Å². The summed E-state index contributed by atoms with van der Waals surface area (Å²) in [6.07, 6.45) is 0. The molecule has 6 heteroatoms. The predicted octanol–water partition coefficient (Wildman–Crippen LogP) is 2.26. The highest BCUT2D eigenvalue weighted by Crippen LogP contribution is 2.27. The quantitative estimate of drug-likeness (QED) is 0.864. The molecule has 3 rings (SSSR count). The zero-order valence-corrected chi connectivity index (χ0v) is 14.6. The van der Waals surface area contributed by atoms with E-state index in [1.807, 2.05) is 43.3 Å². The van der Waals surface area contributed by atoms with Gasteiger partial charge in [0.25, 0.3) is 5.91 Å². The zero-order valence-electron chi connectivity index (χ0n) is 14.6. The third kappa shape index (κ3) is 3.28. The number of likely N-dealkylation sites (N-methyl/N-ethyl adjacent to an activating group) is 1. The first-order valence-corrected chi connectivity index (χ1v) is 8.06. The highest BCUT2D eigenvalue weighted by Gasteiger charge is 2.32. The number of hydrogen-bond donors (Lipinski definition) is 0. The molecule has 0 bridgehead atoms. The van der Waals surface area contributed by atoms with Gasteiger partial charge in [0.05, 0.1) is 18.3 Å². The molecule has 0 saturated carbocycles. The van der Waals surface area contributed by atoms with Gasteiger partial charge in [0.2, 0.25) is 5.76 Å². The lowest BCUT2D eigenvalue weighted by Gasteiger charge is -2.30. The van der Waals surface area contributed by atoms with Crippen LogP contribution in [-0.2, 0) is 6.54 Å². The maximum absolute atomic E-state index is 13.1. The summed E-state index contributed by atoms with van der Waals surface area (Å²) in [5.41, 5.74) is 1.63. The maximum atomic E-state index is 13.1. The number of carbonyl (C=O) groups excluding carboxylic acids is 1. The third-order valence-electron chi connectivity index (χ3n) is 4.12. The van der Waals surface area contributed by atoms with Gasteiger partial charge < -0.3 is 19.0 Å². The van der Waals surface area contributed by atoms with Crippen molar-refractivity contribution in [2.24, 2.45) is 0 Å². The van der Waals surface area contributed by atoms with Crippen LogP contribution in [0.1, 0.15) is 27.7 Å². The summed E-state index contributed by atoms with van der Waals surface area (Å²) in [6, 6.07) is 7.78. The summed E-state index contributed by atoms with van der Waals surface area (Å²) >= 11 is 0. The van der Waals surface area contributed by atoms with Gasteiger partial charge in [0, 0.05) is 19.0 Å². The minimum Gasteiger partial charge on any atom is -0.491 e. The number of ether oxygens (including phenoxy) is 1. The maximum Gasteiger partial charge on any atom is 0.292 e. The lowest BCUT2D eigenvalue weighted by atomic mass is 10.1. The van der Waals surface area contributed by atoms with Gasteiger partial charge in [-0.15, -0.1) is 0 Å². The van der Waals surface area contributed by atoms with E-state index in [9.17, 15) is 4.79 Å². The van der Waals surface area contributed by atoms with Gasteiger partial charge in [-0.1, -0.05) is 18.2 Å². The highest BCUT2D eigenvalue weighted by molar-refractivity contribution is 5.92. The Morgan fingerprint density at radius 2 is 2.08 bits per heavy atom. The number of fused-ring (bicyclic) bond motifs is 1. The average Bonchev–Trinajstić information content (AvgIpc) is 2.77. The number of oxazole rings is 1. The molecule has 0 fully saturated rings. The molecule has 2 aromatic rings. The number of para-hydroxylation sites is 1. The first-order chi connectivity index (χ1) is 11.5. The third-order valence-corrected chi connectivity index (χ3v) is 4.12. The molecule has 0 aliphatic carbocycles. The van der Waals surface area contributed by atoms with E-state index in [1.165, 1.54) is 0 Å². The van der Waals surface area contributed by atoms with E-state index in [1.54, 1.807) is 13.8 Å². The van der Waals surface area contributed by atoms with E-state index in [0.717, 1.165) is 11.3 Å². The molecule has 1 aliphatic heterocycles. The van der Waals surface area contributed by atoms with Crippen molar-refractivity contribution >= 4 is 5.91 Å². The van der Waals surface area contributed by atoms with E-state index in [4.69, 9.17) is 9.15 Å². The number of rotatable bonds is 3. The number of amides is 1. The standard InChI is InChI=1S/C18H23N3O3/c1-12-17(24-13(2)19-12)18(22)21-9-14-7-5-6-8-16(14)23-11-15(21)10-20(3)4/h5-8,15H,9-11H2,1-4H3. The number of aromatic nitrogens is 1. The summed E-state index contributed by atoms with van der Waals surface area (Å²) < 4.78 is 11.5. The molecule has 0 spiro atoms. The van der Waals surface area contributed by atoms with Crippen molar-refractivity contribution < 1.29 is 13.9 Å². The number of aryl methyl sites for hydroxylation is 2. The molecule has 0 N–H and O–H groups in total. The van der Waals surface area contributed by atoms with E-state index in [2.05, 4.69) is 9.88 Å². The Kier molecular flexibility index (Phi) is 4.57. The second-order valence-electron chi connectivity index (χ2n) is 6.42. The lowest BCUT2D eigenvalue weighted by Crippen LogP contribution is -2.47. The van der Waals surface area contributed by atoms with Crippen LogP contribution in [0.2, 0.25) is 0 Å². The van der Waals surface area contributed by atoms with Gasteiger partial charge in [0.1, 0.15) is 12.4 Å². The van der Waals surface area contributed by atoms with Gasteiger partial charge >= 0.3 is 0 Å². The fraction of sp³-hybridized carbons (Fsp3) is 0.444. The molecule has 6 nitrogen and oxygen atoms in total. The number of nitrogens with zero attached hydrogens (tertiary/aromatic N) is 3. The summed E-state index contributed by atoms with van der Waals surface area (Å²) in [7, 11) is 3.98. The Morgan fingerprint density at radius 1 is 1.33 bits per heavy atom. The van der Waals surface area contributed by atoms with Crippen LogP contribution < -0.4 is 4.74 Å². The first kappa shape index (κ1) is 16.5. The molecule has 1 atom stereocenters. The minimum absolute atomic E-state index is 0.0651. The number of hydrogen-bond acceptors (Lipinski definition) is 5. The van der Waals surface area contributed by atoms with Crippen molar-refractivity contribution in [2.45, 2.75) is 26.4 Å². The smallest absolute Gasteiger partial charge is 0.292 e. The van der Waals surface area contributed by atoms with Crippen LogP contribution >= 0.6 is 0 Å². The van der Waals surface area contributed by atoms with Crippen LogP contribution in [0.15, 0.2) is 28.7 Å². The molecule has 2 heterocycles. The Bertz CT molecular complexity index is 739. The van der Waals surface area contributed by atoms with E-state index < -0.39 is 0 Å². The second-order valence-corrected chi connectivity index (χ2v) is 6.42. The monoisotopic (exact) mass is 329 g/mol. The van der Waals surface area contributed by atoms with Crippen LogP contribution in [-0.4, -0.2) is 54.0 Å². The van der Waals surface area contributed by atoms with Crippen molar-refractivity contribution in [3.05, 3.63) is 47.2 Å². The largest absolute Gasteiger partial charge is 0.491 e. The SMILES string of the molecule is Cc1nc(C)c(C(=O)N2Cc3ccccc3OCC2CN(C)C)o1. The molecular formula is C18H23N3O3. The van der Waals surface area contributed by atoms with Crippen molar-refractivity contribution in [2.75, 3.05) is 27.2 Å². The first-order valence-electron chi connectivity index (χ1n) is 8.06. The van der Waals surface area contributed by atoms with E-state index >= 15 is 0 Å². The molecule has 0 radical (unpaired) electrons. The topological polar surface area (TPSA) is 58.8 Å². The van der Waals surface area contributed by atoms with E-state index in [0.29, 0.717) is 37.0 Å². The Balaban J connectivity index is 1.96. The van der Waals surface area contributed by atoms with Crippen LogP contribution in [0.4, 0.5) is 0 Å². The van der Waals surface area contributed by atoms with Gasteiger partial charge in [-0.2, -0.15) is 0 Å². The number of carbonyl (C=O) groups is 1. The highest BCUT2D eigenvalue weighted by atomic mass is 16.5. The van der Waals surface area contributed by atoms with Crippen molar-refractivity contribution in [3.8, 4) is 5.75 Å². The van der Waals surface area contributed by atoms with Crippen LogP contribution in [0.25, 0.3) is 0 Å². The Labute approximate surface area is 142 Å².